The van der Waals surface area contributed by atoms with Crippen LogP contribution in [-0.4, -0.2) is 45.2 Å². The number of carbonyl (C=O) groups excluding carboxylic acids is 2. The molecule has 0 saturated carbocycles. The van der Waals surface area contributed by atoms with Gasteiger partial charge in [0.15, 0.2) is 0 Å². The number of rotatable bonds is 4. The van der Waals surface area contributed by atoms with Crippen molar-refractivity contribution < 1.29 is 22.7 Å². The summed E-state index contributed by atoms with van der Waals surface area (Å²) in [6, 6.07) is 11.5. The van der Waals surface area contributed by atoms with E-state index in [0.717, 1.165) is 5.56 Å². The number of benzene rings is 2. The third kappa shape index (κ3) is 2.82. The molecule has 0 radical (unpaired) electrons. The number of hydrogen-bond acceptors (Lipinski definition) is 5. The molecule has 0 spiro atoms. The van der Waals surface area contributed by atoms with Gasteiger partial charge in [0.1, 0.15) is 22.8 Å². The monoisotopic (exact) mass is 374 g/mol. The van der Waals surface area contributed by atoms with Gasteiger partial charge >= 0.3 is 0 Å². The Morgan fingerprint density at radius 2 is 1.81 bits per heavy atom. The molecular formula is C18H18N2O5S. The largest absolute Gasteiger partial charge is 0.496 e. The van der Waals surface area contributed by atoms with Crippen LogP contribution in [0.2, 0.25) is 0 Å². The molecule has 0 atom stereocenters. The summed E-state index contributed by atoms with van der Waals surface area (Å²) in [7, 11) is -1.20. The van der Waals surface area contributed by atoms with Crippen LogP contribution in [0.4, 0.5) is 5.69 Å². The predicted octanol–water partition coefficient (Wildman–Crippen LogP) is 1.81. The Hall–Kier alpha value is -2.87. The van der Waals surface area contributed by atoms with Crippen molar-refractivity contribution in [1.82, 2.24) is 4.31 Å². The number of fused-ring (bicyclic) bond motifs is 1. The van der Waals surface area contributed by atoms with E-state index in [4.69, 9.17) is 4.74 Å². The van der Waals surface area contributed by atoms with Gasteiger partial charge in [0.2, 0.25) is 5.91 Å². The maximum atomic E-state index is 12.7. The topological polar surface area (TPSA) is 84.0 Å². The Balaban J connectivity index is 1.90. The average molecular weight is 374 g/mol. The number of likely N-dealkylation sites (N-methyl/N-ethyl adjacent to an activating group) is 1. The van der Waals surface area contributed by atoms with Crippen LogP contribution in [0, 0.1) is 6.92 Å². The van der Waals surface area contributed by atoms with Crippen LogP contribution in [0.5, 0.6) is 5.75 Å². The van der Waals surface area contributed by atoms with Gasteiger partial charge in [-0.25, -0.2) is 12.7 Å². The number of amides is 2. The molecule has 0 unspecified atom stereocenters. The maximum Gasteiger partial charge on any atom is 0.273 e. The molecular weight excluding hydrogens is 356 g/mol. The Labute approximate surface area is 151 Å². The van der Waals surface area contributed by atoms with Crippen LogP contribution >= 0.6 is 0 Å². The quantitative estimate of drug-likeness (QED) is 0.815. The summed E-state index contributed by atoms with van der Waals surface area (Å²) < 4.78 is 31.0. The fourth-order valence-corrected chi connectivity index (χ4v) is 4.28. The van der Waals surface area contributed by atoms with E-state index in [1.807, 2.05) is 19.1 Å². The second-order valence-electron chi connectivity index (χ2n) is 5.94. The van der Waals surface area contributed by atoms with Crippen molar-refractivity contribution in [1.29, 1.82) is 0 Å². The number of sulfonamides is 1. The lowest BCUT2D eigenvalue weighted by Gasteiger charge is -2.21. The minimum Gasteiger partial charge on any atom is -0.496 e. The van der Waals surface area contributed by atoms with Gasteiger partial charge < -0.3 is 9.64 Å². The molecule has 7 nitrogen and oxygen atoms in total. The molecule has 1 heterocycles. The second kappa shape index (κ2) is 6.45. The third-order valence-corrected chi connectivity index (χ3v) is 6.06. The molecule has 1 aliphatic rings. The summed E-state index contributed by atoms with van der Waals surface area (Å²) in [4.78, 5) is 26.4. The molecule has 26 heavy (non-hydrogen) atoms. The van der Waals surface area contributed by atoms with E-state index in [1.165, 1.54) is 37.3 Å². The molecule has 8 heteroatoms. The lowest BCUT2D eigenvalue weighted by atomic mass is 10.2. The van der Waals surface area contributed by atoms with Crippen molar-refractivity contribution in [2.75, 3.05) is 25.6 Å². The first kappa shape index (κ1) is 17.9. The van der Waals surface area contributed by atoms with Gasteiger partial charge in [0.05, 0.1) is 7.11 Å². The van der Waals surface area contributed by atoms with Crippen molar-refractivity contribution in [3.63, 3.8) is 0 Å². The fraction of sp³-hybridized carbons (Fsp3) is 0.222. The first-order valence-corrected chi connectivity index (χ1v) is 9.28. The van der Waals surface area contributed by atoms with E-state index >= 15 is 0 Å². The summed E-state index contributed by atoms with van der Waals surface area (Å²) in [6.07, 6.45) is 0. The number of hydrogen-bond donors (Lipinski definition) is 0. The molecule has 2 amide bonds. The Bertz CT molecular complexity index is 983. The Morgan fingerprint density at radius 1 is 1.15 bits per heavy atom. The molecule has 0 saturated heterocycles. The second-order valence-corrected chi connectivity index (χ2v) is 7.77. The van der Waals surface area contributed by atoms with E-state index in [9.17, 15) is 18.0 Å². The molecule has 0 aromatic heterocycles. The average Bonchev–Trinajstić information content (AvgIpc) is 2.82. The minimum atomic E-state index is -4.09. The van der Waals surface area contributed by atoms with Gasteiger partial charge in [-0.1, -0.05) is 23.8 Å². The van der Waals surface area contributed by atoms with Crippen LogP contribution in [0.1, 0.15) is 15.9 Å². The van der Waals surface area contributed by atoms with E-state index in [1.54, 1.807) is 12.1 Å². The van der Waals surface area contributed by atoms with Gasteiger partial charge in [-0.15, -0.1) is 0 Å². The number of methoxy groups -OCH3 is 1. The summed E-state index contributed by atoms with van der Waals surface area (Å²) in [6.45, 7) is 1.34. The molecule has 2 aromatic carbocycles. The highest BCUT2D eigenvalue weighted by molar-refractivity contribution is 7.90. The first-order valence-electron chi connectivity index (χ1n) is 7.84. The molecule has 0 aliphatic carbocycles. The third-order valence-electron chi connectivity index (χ3n) is 4.29. The highest BCUT2D eigenvalue weighted by Gasteiger charge is 2.44. The van der Waals surface area contributed by atoms with Crippen molar-refractivity contribution in [2.45, 2.75) is 11.8 Å². The van der Waals surface area contributed by atoms with Crippen LogP contribution < -0.4 is 9.64 Å². The highest BCUT2D eigenvalue weighted by atomic mass is 32.2. The molecule has 3 rings (SSSR count). The first-order chi connectivity index (χ1) is 12.3. The minimum absolute atomic E-state index is 0.0409. The number of nitrogens with zero attached hydrogens (tertiary/aromatic N) is 2. The van der Waals surface area contributed by atoms with Crippen LogP contribution in [0.15, 0.2) is 47.4 Å². The van der Waals surface area contributed by atoms with Crippen molar-refractivity contribution >= 4 is 27.5 Å². The van der Waals surface area contributed by atoms with Gasteiger partial charge in [-0.3, -0.25) is 9.59 Å². The lowest BCUT2D eigenvalue weighted by Crippen LogP contribution is -2.41. The van der Waals surface area contributed by atoms with E-state index < -0.39 is 28.4 Å². The van der Waals surface area contributed by atoms with Crippen molar-refractivity contribution in [2.24, 2.45) is 0 Å². The highest BCUT2D eigenvalue weighted by Crippen LogP contribution is 2.36. The summed E-state index contributed by atoms with van der Waals surface area (Å²) in [5.41, 5.74) is 1.61. The SMILES string of the molecule is COc1cccc2c1C(=O)N(CC(=O)N(C)c1ccc(C)cc1)S2(=O)=O. The zero-order valence-corrected chi connectivity index (χ0v) is 15.4. The smallest absolute Gasteiger partial charge is 0.273 e. The lowest BCUT2D eigenvalue weighted by molar-refractivity contribution is -0.118. The molecule has 2 aromatic rings. The summed E-state index contributed by atoms with van der Waals surface area (Å²) in [5, 5.41) is 0. The van der Waals surface area contributed by atoms with Crippen molar-refractivity contribution in [3.05, 3.63) is 53.6 Å². The summed E-state index contributed by atoms with van der Waals surface area (Å²) >= 11 is 0. The van der Waals surface area contributed by atoms with Crippen molar-refractivity contribution in [3.8, 4) is 5.75 Å². The Kier molecular flexibility index (Phi) is 4.45. The fourth-order valence-electron chi connectivity index (χ4n) is 2.76. The maximum absolute atomic E-state index is 12.7. The number of carbonyl (C=O) groups is 2. The van der Waals surface area contributed by atoms with Gasteiger partial charge in [0, 0.05) is 12.7 Å². The Morgan fingerprint density at radius 3 is 2.42 bits per heavy atom. The zero-order chi connectivity index (χ0) is 19.1. The standard InChI is InChI=1S/C18H18N2O5S/c1-12-7-9-13(10-8-12)19(2)16(21)11-20-18(22)17-14(25-3)5-4-6-15(17)26(20,23)24/h4-10H,11H2,1-3H3. The number of aryl methyl sites for hydroxylation is 1. The normalized spacial score (nSPS) is 14.9. The van der Waals surface area contributed by atoms with Gasteiger partial charge in [-0.05, 0) is 31.2 Å². The predicted molar refractivity (Wildman–Crippen MR) is 95.8 cm³/mol. The summed E-state index contributed by atoms with van der Waals surface area (Å²) in [5.74, 6) is -1.11. The van der Waals surface area contributed by atoms with E-state index in [2.05, 4.69) is 0 Å². The molecule has 0 N–H and O–H groups in total. The molecule has 0 bridgehead atoms. The van der Waals surface area contributed by atoms with Gasteiger partial charge in [0.25, 0.3) is 15.9 Å². The van der Waals surface area contributed by atoms with Crippen LogP contribution in [0.3, 0.4) is 0 Å². The van der Waals surface area contributed by atoms with E-state index in [0.29, 0.717) is 9.99 Å². The van der Waals surface area contributed by atoms with E-state index in [-0.39, 0.29) is 16.2 Å². The van der Waals surface area contributed by atoms with Gasteiger partial charge in [-0.2, -0.15) is 0 Å². The zero-order valence-electron chi connectivity index (χ0n) is 14.6. The van der Waals surface area contributed by atoms with Crippen LogP contribution in [0.25, 0.3) is 0 Å². The van der Waals surface area contributed by atoms with Crippen LogP contribution in [-0.2, 0) is 14.8 Å². The number of anilines is 1. The molecule has 1 aliphatic heterocycles. The number of ether oxygens (including phenoxy) is 1. The molecule has 0 fully saturated rings. The molecule has 136 valence electrons.